The molecule has 1 aliphatic rings. The fourth-order valence-corrected chi connectivity index (χ4v) is 5.01. The molecule has 1 unspecified atom stereocenters. The van der Waals surface area contributed by atoms with E-state index in [-0.39, 0.29) is 30.4 Å². The van der Waals surface area contributed by atoms with Crippen molar-refractivity contribution in [1.82, 2.24) is 19.8 Å². The second-order valence-corrected chi connectivity index (χ2v) is 12.3. The van der Waals surface area contributed by atoms with E-state index in [0.717, 1.165) is 24.0 Å². The van der Waals surface area contributed by atoms with Crippen molar-refractivity contribution in [3.63, 3.8) is 0 Å². The minimum absolute atomic E-state index is 0.0196. The summed E-state index contributed by atoms with van der Waals surface area (Å²) in [5, 5.41) is 5.47. The fraction of sp³-hybridized carbons (Fsp3) is 0.438. The van der Waals surface area contributed by atoms with Crippen LogP contribution in [0.5, 0.6) is 0 Å². The lowest BCUT2D eigenvalue weighted by atomic mass is 9.84. The van der Waals surface area contributed by atoms with Gasteiger partial charge >= 0.3 is 0 Å². The molecule has 1 aliphatic heterocycles. The molecule has 1 fully saturated rings. The lowest BCUT2D eigenvalue weighted by molar-refractivity contribution is -0.136. The quantitative estimate of drug-likeness (QED) is 0.321. The summed E-state index contributed by atoms with van der Waals surface area (Å²) in [6, 6.07) is 17.4. The van der Waals surface area contributed by atoms with E-state index in [1.54, 1.807) is 30.9 Å². The monoisotopic (exact) mass is 574 g/mol. The Morgan fingerprint density at radius 3 is 2.38 bits per heavy atom. The van der Waals surface area contributed by atoms with E-state index in [4.69, 9.17) is 10.5 Å². The maximum Gasteiger partial charge on any atom is 0.250 e. The zero-order valence-electron chi connectivity index (χ0n) is 24.9. The standard InChI is InChI=1S/C32H42N6O4/c1-31(2)16-11-17-37(21-31)29(40)27(24-14-9-6-10-15-24)38-18-26(34-22-38)36-28(39)25(35-30(41)32(3,4)33)20-42-19-23-12-7-5-8-13-23/h5-10,12-15,18,22,25,27H,11,16-17,19-21,33H2,1-4H3,(H,35,41)(H,36,39)/t25-,27?/m1/s1. The molecule has 0 bridgehead atoms. The third-order valence-electron chi connectivity index (χ3n) is 7.32. The largest absolute Gasteiger partial charge is 0.374 e. The summed E-state index contributed by atoms with van der Waals surface area (Å²) in [6.07, 6.45) is 5.20. The van der Waals surface area contributed by atoms with Crippen molar-refractivity contribution >= 4 is 23.5 Å². The molecule has 4 rings (SSSR count). The van der Waals surface area contributed by atoms with Gasteiger partial charge in [-0.25, -0.2) is 4.98 Å². The Labute approximate surface area is 247 Å². The molecule has 2 atom stereocenters. The first-order chi connectivity index (χ1) is 19.9. The van der Waals surface area contributed by atoms with Crippen LogP contribution >= 0.6 is 0 Å². The molecular weight excluding hydrogens is 532 g/mol. The second kappa shape index (κ2) is 13.3. The Hall–Kier alpha value is -4.02. The lowest BCUT2D eigenvalue weighted by Gasteiger charge is -2.39. The minimum Gasteiger partial charge on any atom is -0.374 e. The van der Waals surface area contributed by atoms with Gasteiger partial charge in [0.2, 0.25) is 11.8 Å². The minimum atomic E-state index is -1.19. The maximum atomic E-state index is 13.9. The van der Waals surface area contributed by atoms with E-state index >= 15 is 0 Å². The van der Waals surface area contributed by atoms with Gasteiger partial charge in [0.25, 0.3) is 5.91 Å². The number of hydrogen-bond donors (Lipinski definition) is 3. The van der Waals surface area contributed by atoms with Crippen LogP contribution in [0.1, 0.15) is 57.7 Å². The number of carbonyl (C=O) groups is 3. The van der Waals surface area contributed by atoms with Crippen LogP contribution in [0.2, 0.25) is 0 Å². The third kappa shape index (κ3) is 8.27. The van der Waals surface area contributed by atoms with E-state index in [9.17, 15) is 14.4 Å². The smallest absolute Gasteiger partial charge is 0.250 e. The molecule has 0 spiro atoms. The zero-order chi connectivity index (χ0) is 30.3. The Balaban J connectivity index is 1.51. The van der Waals surface area contributed by atoms with Crippen LogP contribution < -0.4 is 16.4 Å². The molecule has 2 aromatic carbocycles. The first-order valence-corrected chi connectivity index (χ1v) is 14.3. The Morgan fingerprint density at radius 1 is 1.07 bits per heavy atom. The number of benzene rings is 2. The summed E-state index contributed by atoms with van der Waals surface area (Å²) in [5.41, 5.74) is 6.58. The summed E-state index contributed by atoms with van der Waals surface area (Å²) in [5.74, 6) is -0.766. The summed E-state index contributed by atoms with van der Waals surface area (Å²) in [7, 11) is 0. The van der Waals surface area contributed by atoms with Crippen LogP contribution in [0.3, 0.4) is 0 Å². The molecule has 0 saturated carbocycles. The summed E-state index contributed by atoms with van der Waals surface area (Å²) >= 11 is 0. The average molecular weight is 575 g/mol. The van der Waals surface area contributed by atoms with Crippen molar-refractivity contribution < 1.29 is 19.1 Å². The Bertz CT molecular complexity index is 1350. The van der Waals surface area contributed by atoms with E-state index in [1.807, 2.05) is 65.6 Å². The normalized spacial score (nSPS) is 16.4. The molecule has 1 saturated heterocycles. The Kier molecular flexibility index (Phi) is 9.80. The van der Waals surface area contributed by atoms with Crippen LogP contribution in [0.15, 0.2) is 73.2 Å². The maximum absolute atomic E-state index is 13.9. The molecule has 10 heteroatoms. The lowest BCUT2D eigenvalue weighted by Crippen LogP contribution is -2.56. The number of piperidine rings is 1. The van der Waals surface area contributed by atoms with Gasteiger partial charge < -0.3 is 30.6 Å². The molecule has 2 heterocycles. The van der Waals surface area contributed by atoms with E-state index in [0.29, 0.717) is 13.1 Å². The molecule has 224 valence electrons. The molecular formula is C32H42N6O4. The number of imidazole rings is 1. The molecule has 1 aromatic heterocycles. The Morgan fingerprint density at radius 2 is 1.74 bits per heavy atom. The van der Waals surface area contributed by atoms with Crippen molar-refractivity contribution in [2.75, 3.05) is 25.0 Å². The highest BCUT2D eigenvalue weighted by molar-refractivity contribution is 5.98. The third-order valence-corrected chi connectivity index (χ3v) is 7.32. The van der Waals surface area contributed by atoms with Crippen molar-refractivity contribution in [2.24, 2.45) is 11.1 Å². The highest BCUT2D eigenvalue weighted by Gasteiger charge is 2.34. The summed E-state index contributed by atoms with van der Waals surface area (Å²) in [4.78, 5) is 46.2. The number of likely N-dealkylation sites (tertiary alicyclic amines) is 1. The SMILES string of the molecule is CC1(C)CCCN(C(=O)C(c2ccccc2)n2cnc(NC(=O)[C@@H](COCc3ccccc3)NC(=O)C(C)(C)N)c2)C1. The van der Waals surface area contributed by atoms with Gasteiger partial charge in [-0.05, 0) is 43.2 Å². The second-order valence-electron chi connectivity index (χ2n) is 12.3. The van der Waals surface area contributed by atoms with E-state index in [2.05, 4.69) is 29.5 Å². The molecule has 42 heavy (non-hydrogen) atoms. The fourth-order valence-electron chi connectivity index (χ4n) is 5.01. The van der Waals surface area contributed by atoms with Gasteiger partial charge in [-0.2, -0.15) is 0 Å². The van der Waals surface area contributed by atoms with E-state index in [1.165, 1.54) is 0 Å². The predicted octanol–water partition coefficient (Wildman–Crippen LogP) is 3.50. The first-order valence-electron chi connectivity index (χ1n) is 14.3. The van der Waals surface area contributed by atoms with Crippen LogP contribution in [0.4, 0.5) is 5.82 Å². The number of nitrogens with one attached hydrogen (secondary N) is 2. The molecule has 10 nitrogen and oxygen atoms in total. The van der Waals surface area contributed by atoms with Crippen LogP contribution in [-0.2, 0) is 25.7 Å². The average Bonchev–Trinajstić information content (AvgIpc) is 3.40. The number of nitrogens with zero attached hydrogens (tertiary/aromatic N) is 3. The van der Waals surface area contributed by atoms with Crippen molar-refractivity contribution in [1.29, 1.82) is 0 Å². The molecule has 3 aromatic rings. The van der Waals surface area contributed by atoms with Gasteiger partial charge in [-0.15, -0.1) is 0 Å². The van der Waals surface area contributed by atoms with Crippen LogP contribution in [0, 0.1) is 5.41 Å². The summed E-state index contributed by atoms with van der Waals surface area (Å²) < 4.78 is 7.50. The van der Waals surface area contributed by atoms with Crippen LogP contribution in [-0.4, -0.2) is 63.4 Å². The highest BCUT2D eigenvalue weighted by Crippen LogP contribution is 2.31. The van der Waals surface area contributed by atoms with Gasteiger partial charge in [0.15, 0.2) is 5.82 Å². The number of anilines is 1. The van der Waals surface area contributed by atoms with Crippen molar-refractivity contribution in [3.05, 3.63) is 84.3 Å². The molecule has 0 aliphatic carbocycles. The predicted molar refractivity (Wildman–Crippen MR) is 161 cm³/mol. The van der Waals surface area contributed by atoms with Crippen LogP contribution in [0.25, 0.3) is 0 Å². The number of aromatic nitrogens is 2. The van der Waals surface area contributed by atoms with Gasteiger partial charge in [-0.3, -0.25) is 14.4 Å². The number of ether oxygens (including phenoxy) is 1. The number of carbonyl (C=O) groups excluding carboxylic acids is 3. The van der Waals surface area contributed by atoms with Gasteiger partial charge in [0.05, 0.1) is 25.1 Å². The molecule has 3 amide bonds. The number of amides is 3. The van der Waals surface area contributed by atoms with E-state index < -0.39 is 29.4 Å². The van der Waals surface area contributed by atoms with Crippen molar-refractivity contribution in [2.45, 2.75) is 64.8 Å². The first kappa shape index (κ1) is 30.9. The van der Waals surface area contributed by atoms with Crippen molar-refractivity contribution in [3.8, 4) is 0 Å². The molecule has 0 radical (unpaired) electrons. The summed E-state index contributed by atoms with van der Waals surface area (Å²) in [6.45, 7) is 9.07. The number of hydrogen-bond acceptors (Lipinski definition) is 6. The highest BCUT2D eigenvalue weighted by atomic mass is 16.5. The molecule has 4 N–H and O–H groups in total. The number of nitrogens with two attached hydrogens (primary N) is 1. The van der Waals surface area contributed by atoms with Gasteiger partial charge in [-0.1, -0.05) is 74.5 Å². The zero-order valence-corrected chi connectivity index (χ0v) is 24.9. The number of rotatable bonds is 11. The van der Waals surface area contributed by atoms with Gasteiger partial charge in [0.1, 0.15) is 12.1 Å². The van der Waals surface area contributed by atoms with Gasteiger partial charge in [0, 0.05) is 19.3 Å². The topological polar surface area (TPSA) is 132 Å².